The molecule has 0 bridgehead atoms. The van der Waals surface area contributed by atoms with Gasteiger partial charge in [0.05, 0.1) is 27.8 Å². The lowest BCUT2D eigenvalue weighted by atomic mass is 9.96. The van der Waals surface area contributed by atoms with Crippen LogP contribution >= 0.6 is 0 Å². The van der Waals surface area contributed by atoms with Crippen molar-refractivity contribution in [2.45, 2.75) is 0 Å². The average Bonchev–Trinajstić information content (AvgIpc) is 3.94. The highest BCUT2D eigenvalue weighted by Crippen LogP contribution is 2.40. The fourth-order valence-corrected chi connectivity index (χ4v) is 10.00. The van der Waals surface area contributed by atoms with Crippen LogP contribution in [0.3, 0.4) is 0 Å². The summed E-state index contributed by atoms with van der Waals surface area (Å²) >= 11 is 0. The van der Waals surface area contributed by atoms with E-state index in [1.54, 1.807) is 0 Å². The Balaban J connectivity index is 1.04. The summed E-state index contributed by atoms with van der Waals surface area (Å²) in [6, 6.07) is 88.2. The highest BCUT2D eigenvalue weighted by Gasteiger charge is 2.20. The van der Waals surface area contributed by atoms with E-state index in [-0.39, 0.29) is 0 Å². The molecule has 318 valence electrons. The number of rotatable bonds is 8. The molecule has 10 aromatic carbocycles. The van der Waals surface area contributed by atoms with E-state index in [1.807, 2.05) is 6.07 Å². The second-order valence-corrected chi connectivity index (χ2v) is 17.2. The van der Waals surface area contributed by atoms with Gasteiger partial charge in [-0.1, -0.05) is 194 Å². The molecule has 0 unspecified atom stereocenters. The first-order valence-electron chi connectivity index (χ1n) is 23.0. The third kappa shape index (κ3) is 6.76. The van der Waals surface area contributed by atoms with Crippen molar-refractivity contribution in [1.82, 2.24) is 24.1 Å². The molecule has 68 heavy (non-hydrogen) atoms. The second-order valence-electron chi connectivity index (χ2n) is 17.2. The highest BCUT2D eigenvalue weighted by molar-refractivity contribution is 6.10. The quantitative estimate of drug-likeness (QED) is 0.153. The van der Waals surface area contributed by atoms with Crippen LogP contribution in [0.5, 0.6) is 0 Å². The minimum Gasteiger partial charge on any atom is -0.309 e. The molecule has 0 spiro atoms. The minimum atomic E-state index is 0.587. The Labute approximate surface area is 393 Å². The molecular weight excluding hydrogens is 827 g/mol. The molecule has 3 aromatic heterocycles. The van der Waals surface area contributed by atoms with Gasteiger partial charge in [-0.05, 0) is 82.4 Å². The first-order valence-corrected chi connectivity index (χ1v) is 23.0. The maximum Gasteiger partial charge on any atom is 0.164 e. The smallest absolute Gasteiger partial charge is 0.164 e. The minimum absolute atomic E-state index is 0.587. The van der Waals surface area contributed by atoms with Crippen molar-refractivity contribution in [2.75, 3.05) is 0 Å². The molecule has 5 nitrogen and oxygen atoms in total. The monoisotopic (exact) mass is 867 g/mol. The van der Waals surface area contributed by atoms with E-state index in [1.165, 1.54) is 27.1 Å². The number of nitrogens with zero attached hydrogens (tertiary/aromatic N) is 5. The Bertz CT molecular complexity index is 3930. The van der Waals surface area contributed by atoms with Gasteiger partial charge in [0.1, 0.15) is 0 Å². The molecule has 0 saturated heterocycles. The van der Waals surface area contributed by atoms with Crippen molar-refractivity contribution in [2.24, 2.45) is 0 Å². The van der Waals surface area contributed by atoms with Crippen molar-refractivity contribution < 1.29 is 0 Å². The molecule has 0 aliphatic rings. The second kappa shape index (κ2) is 16.4. The van der Waals surface area contributed by atoms with Crippen LogP contribution in [0.4, 0.5) is 0 Å². The maximum absolute atomic E-state index is 5.39. The van der Waals surface area contributed by atoms with Crippen molar-refractivity contribution in [3.05, 3.63) is 249 Å². The van der Waals surface area contributed by atoms with E-state index in [9.17, 15) is 0 Å². The fraction of sp³-hybridized carbons (Fsp3) is 0. The summed E-state index contributed by atoms with van der Waals surface area (Å²) in [5.74, 6) is 1.78. The number of para-hydroxylation sites is 4. The van der Waals surface area contributed by atoms with Crippen LogP contribution in [0.15, 0.2) is 249 Å². The van der Waals surface area contributed by atoms with Crippen molar-refractivity contribution in [1.29, 1.82) is 0 Å². The van der Waals surface area contributed by atoms with Gasteiger partial charge >= 0.3 is 0 Å². The number of aromatic nitrogens is 5. The molecule has 5 heteroatoms. The summed E-state index contributed by atoms with van der Waals surface area (Å²) in [6.45, 7) is 0. The SMILES string of the molecule is c1ccc(-c2cccc(-c3nc(-c4cccc(-n5c6ccccc6c6ccccc65)c4)nc(-c4ccc(-c5cccc(-c6ccccc6)c5)c(-n5c6ccccc6c6ccccc65)c4)n3)c2)cc1. The Morgan fingerprint density at radius 2 is 0.603 bits per heavy atom. The van der Waals surface area contributed by atoms with E-state index in [2.05, 4.69) is 252 Å². The van der Waals surface area contributed by atoms with E-state index >= 15 is 0 Å². The third-order valence-corrected chi connectivity index (χ3v) is 13.2. The Hall–Kier alpha value is -9.19. The molecule has 0 aliphatic carbocycles. The lowest BCUT2D eigenvalue weighted by Gasteiger charge is -2.17. The number of hydrogen-bond donors (Lipinski definition) is 0. The largest absolute Gasteiger partial charge is 0.309 e. The lowest BCUT2D eigenvalue weighted by molar-refractivity contribution is 1.07. The van der Waals surface area contributed by atoms with Gasteiger partial charge in [-0.25, -0.2) is 15.0 Å². The van der Waals surface area contributed by atoms with Crippen LogP contribution in [0, 0.1) is 0 Å². The van der Waals surface area contributed by atoms with Crippen LogP contribution in [0.2, 0.25) is 0 Å². The van der Waals surface area contributed by atoms with Crippen LogP contribution < -0.4 is 0 Å². The normalized spacial score (nSPS) is 11.5. The molecule has 0 N–H and O–H groups in total. The Morgan fingerprint density at radius 3 is 1.12 bits per heavy atom. The van der Waals surface area contributed by atoms with Gasteiger partial charge in [0.2, 0.25) is 0 Å². The van der Waals surface area contributed by atoms with Crippen molar-refractivity contribution in [3.63, 3.8) is 0 Å². The van der Waals surface area contributed by atoms with Gasteiger partial charge in [-0.2, -0.15) is 0 Å². The van der Waals surface area contributed by atoms with E-state index < -0.39 is 0 Å². The van der Waals surface area contributed by atoms with E-state index in [4.69, 9.17) is 15.0 Å². The standard InChI is InChI=1S/C63H41N5/c1-3-18-42(19-4-1)44-22-15-24-46(38-44)51-37-36-49(41-60(51)68-58-34-13-9-30-54(58)55-31-10-14-35-59(55)68)63-65-61(47-25-16-23-45(39-47)43-20-5-2-6-21-43)64-62(66-63)48-26-17-27-50(40-48)67-56-32-11-7-28-52(56)53-29-8-12-33-57(53)67/h1-41H. The zero-order valence-corrected chi connectivity index (χ0v) is 36.9. The topological polar surface area (TPSA) is 48.5 Å². The summed E-state index contributed by atoms with van der Waals surface area (Å²) in [5, 5.41) is 4.82. The number of hydrogen-bond acceptors (Lipinski definition) is 3. The summed E-state index contributed by atoms with van der Waals surface area (Å²) in [4.78, 5) is 16.0. The summed E-state index contributed by atoms with van der Waals surface area (Å²) in [5.41, 5.74) is 16.1. The lowest BCUT2D eigenvalue weighted by Crippen LogP contribution is -2.03. The zero-order valence-electron chi connectivity index (χ0n) is 36.9. The molecule has 0 fully saturated rings. The average molecular weight is 868 g/mol. The number of benzene rings is 10. The van der Waals surface area contributed by atoms with Gasteiger partial charge in [-0.3, -0.25) is 0 Å². The molecule has 0 atom stereocenters. The first kappa shape index (κ1) is 39.2. The Morgan fingerprint density at radius 1 is 0.235 bits per heavy atom. The van der Waals surface area contributed by atoms with E-state index in [0.717, 1.165) is 77.9 Å². The summed E-state index contributed by atoms with van der Waals surface area (Å²) in [7, 11) is 0. The van der Waals surface area contributed by atoms with Gasteiger partial charge < -0.3 is 9.13 Å². The molecule has 0 saturated carbocycles. The molecule has 3 heterocycles. The Kier molecular flexibility index (Phi) is 9.43. The van der Waals surface area contributed by atoms with Crippen LogP contribution in [0.25, 0.3) is 123 Å². The molecule has 13 aromatic rings. The predicted molar refractivity (Wildman–Crippen MR) is 281 cm³/mol. The fourth-order valence-electron chi connectivity index (χ4n) is 10.00. The van der Waals surface area contributed by atoms with Crippen molar-refractivity contribution >= 4 is 43.6 Å². The van der Waals surface area contributed by atoms with Crippen molar-refractivity contribution in [3.8, 4) is 78.9 Å². The summed E-state index contributed by atoms with van der Waals surface area (Å²) < 4.78 is 4.74. The number of fused-ring (bicyclic) bond motifs is 6. The van der Waals surface area contributed by atoms with Gasteiger partial charge in [0.15, 0.2) is 17.5 Å². The van der Waals surface area contributed by atoms with E-state index in [0.29, 0.717) is 17.5 Å². The molecule has 0 amide bonds. The molecule has 13 rings (SSSR count). The molecule has 0 aliphatic heterocycles. The predicted octanol–water partition coefficient (Wildman–Crippen LogP) is 16.1. The van der Waals surface area contributed by atoms with Gasteiger partial charge in [0.25, 0.3) is 0 Å². The van der Waals surface area contributed by atoms with Gasteiger partial charge in [0, 0.05) is 49.5 Å². The summed E-state index contributed by atoms with van der Waals surface area (Å²) in [6.07, 6.45) is 0. The highest BCUT2D eigenvalue weighted by atomic mass is 15.0. The maximum atomic E-state index is 5.39. The molecular formula is C63H41N5. The van der Waals surface area contributed by atoms with Gasteiger partial charge in [-0.15, -0.1) is 0 Å². The van der Waals surface area contributed by atoms with Crippen LogP contribution in [-0.4, -0.2) is 24.1 Å². The van der Waals surface area contributed by atoms with Crippen LogP contribution in [-0.2, 0) is 0 Å². The van der Waals surface area contributed by atoms with Crippen LogP contribution in [0.1, 0.15) is 0 Å². The zero-order chi connectivity index (χ0) is 45.0. The molecule has 0 radical (unpaired) electrons. The third-order valence-electron chi connectivity index (χ3n) is 13.2. The first-order chi connectivity index (χ1) is 33.7.